The summed E-state index contributed by atoms with van der Waals surface area (Å²) in [5.41, 5.74) is -1.69. The molecule has 1 fully saturated rings. The molecule has 2 heterocycles. The molecule has 5 atom stereocenters. The SMILES string of the molecule is CO[C@@H](C)CO[C@H]1C(OC(=O)C(C)(C)C)[C@@H](CO)O[C@H]1n1cc(C)c(=O)[nH]c1=O. The van der Waals surface area contributed by atoms with Gasteiger partial charge < -0.3 is 24.1 Å². The van der Waals surface area contributed by atoms with Gasteiger partial charge in [0.05, 0.1) is 24.7 Å². The van der Waals surface area contributed by atoms with Crippen LogP contribution in [0.2, 0.25) is 0 Å². The highest BCUT2D eigenvalue weighted by Gasteiger charge is 2.50. The molecule has 2 N–H and O–H groups in total. The van der Waals surface area contributed by atoms with Crippen LogP contribution in [0.3, 0.4) is 0 Å². The molecule has 1 saturated heterocycles. The van der Waals surface area contributed by atoms with Crippen LogP contribution >= 0.6 is 0 Å². The third kappa shape index (κ3) is 5.33. The molecule has 1 aliphatic rings. The largest absolute Gasteiger partial charge is 0.456 e. The first-order valence-electron chi connectivity index (χ1n) is 9.43. The van der Waals surface area contributed by atoms with Crippen LogP contribution in [0.25, 0.3) is 0 Å². The fourth-order valence-corrected chi connectivity index (χ4v) is 2.79. The maximum atomic E-state index is 12.5. The fourth-order valence-electron chi connectivity index (χ4n) is 2.79. The molecule has 164 valence electrons. The van der Waals surface area contributed by atoms with Crippen molar-refractivity contribution in [2.75, 3.05) is 20.3 Å². The molecule has 0 aromatic carbocycles. The van der Waals surface area contributed by atoms with Crippen LogP contribution in [0.1, 0.15) is 39.5 Å². The number of hydrogen-bond donors (Lipinski definition) is 2. The van der Waals surface area contributed by atoms with Crippen LogP contribution in [0.5, 0.6) is 0 Å². The van der Waals surface area contributed by atoms with E-state index in [2.05, 4.69) is 4.98 Å². The molecule has 1 aromatic rings. The van der Waals surface area contributed by atoms with Crippen molar-refractivity contribution in [2.45, 2.75) is 65.3 Å². The lowest BCUT2D eigenvalue weighted by Crippen LogP contribution is -2.44. The molecule has 0 aliphatic carbocycles. The number of aliphatic hydroxyl groups excluding tert-OH is 1. The van der Waals surface area contributed by atoms with E-state index >= 15 is 0 Å². The van der Waals surface area contributed by atoms with Gasteiger partial charge in [-0.1, -0.05) is 0 Å². The molecule has 0 radical (unpaired) electrons. The minimum atomic E-state index is -1.02. The van der Waals surface area contributed by atoms with Crippen molar-refractivity contribution in [3.8, 4) is 0 Å². The van der Waals surface area contributed by atoms with Gasteiger partial charge in [0.15, 0.2) is 12.3 Å². The highest BCUT2D eigenvalue weighted by Crippen LogP contribution is 2.34. The third-order valence-corrected chi connectivity index (χ3v) is 4.67. The summed E-state index contributed by atoms with van der Waals surface area (Å²) in [6, 6.07) is 0. The summed E-state index contributed by atoms with van der Waals surface area (Å²) >= 11 is 0. The topological polar surface area (TPSA) is 129 Å². The smallest absolute Gasteiger partial charge is 0.330 e. The van der Waals surface area contributed by atoms with E-state index in [1.165, 1.54) is 17.9 Å². The second kappa shape index (κ2) is 9.21. The summed E-state index contributed by atoms with van der Waals surface area (Å²) in [6.07, 6.45) is -2.70. The first kappa shape index (κ1) is 23.3. The Labute approximate surface area is 168 Å². The molecule has 1 unspecified atom stereocenters. The molecule has 1 aliphatic heterocycles. The number of nitrogens with one attached hydrogen (secondary N) is 1. The number of hydrogen-bond acceptors (Lipinski definition) is 8. The van der Waals surface area contributed by atoms with Crippen molar-refractivity contribution in [3.63, 3.8) is 0 Å². The summed E-state index contributed by atoms with van der Waals surface area (Å²) < 4.78 is 23.7. The second-order valence-corrected chi connectivity index (χ2v) is 8.19. The van der Waals surface area contributed by atoms with Gasteiger partial charge in [-0.2, -0.15) is 0 Å². The Balaban J connectivity index is 2.43. The Hall–Kier alpha value is -2.01. The number of nitrogens with zero attached hydrogens (tertiary/aromatic N) is 1. The van der Waals surface area contributed by atoms with E-state index in [0.717, 1.165) is 0 Å². The van der Waals surface area contributed by atoms with Crippen molar-refractivity contribution >= 4 is 5.97 Å². The number of carbonyl (C=O) groups excluding carboxylic acids is 1. The first-order valence-corrected chi connectivity index (χ1v) is 9.43. The maximum absolute atomic E-state index is 12.5. The zero-order valence-corrected chi connectivity index (χ0v) is 17.6. The van der Waals surface area contributed by atoms with Gasteiger partial charge in [0.1, 0.15) is 12.2 Å². The predicted molar refractivity (Wildman–Crippen MR) is 103 cm³/mol. The van der Waals surface area contributed by atoms with E-state index in [0.29, 0.717) is 5.56 Å². The number of esters is 1. The number of ether oxygens (including phenoxy) is 4. The third-order valence-electron chi connectivity index (χ3n) is 4.67. The van der Waals surface area contributed by atoms with E-state index in [1.54, 1.807) is 34.6 Å². The Morgan fingerprint density at radius 3 is 2.55 bits per heavy atom. The average Bonchev–Trinajstić information content (AvgIpc) is 2.99. The highest BCUT2D eigenvalue weighted by molar-refractivity contribution is 5.75. The van der Waals surface area contributed by atoms with Gasteiger partial charge in [0.2, 0.25) is 0 Å². The maximum Gasteiger partial charge on any atom is 0.330 e. The monoisotopic (exact) mass is 414 g/mol. The van der Waals surface area contributed by atoms with Crippen LogP contribution in [-0.2, 0) is 23.7 Å². The number of aliphatic hydroxyl groups is 1. The Morgan fingerprint density at radius 1 is 1.34 bits per heavy atom. The number of rotatable bonds is 7. The van der Waals surface area contributed by atoms with E-state index in [4.69, 9.17) is 18.9 Å². The molecule has 2 rings (SSSR count). The summed E-state index contributed by atoms with van der Waals surface area (Å²) in [4.78, 5) is 38.8. The quantitative estimate of drug-likeness (QED) is 0.602. The predicted octanol–water partition coefficient (Wildman–Crippen LogP) is 0.113. The summed E-state index contributed by atoms with van der Waals surface area (Å²) in [7, 11) is 1.53. The minimum absolute atomic E-state index is 0.139. The summed E-state index contributed by atoms with van der Waals surface area (Å²) in [5, 5.41) is 9.78. The normalized spacial score (nSPS) is 25.8. The number of methoxy groups -OCH3 is 1. The highest BCUT2D eigenvalue weighted by atomic mass is 16.6. The Morgan fingerprint density at radius 2 is 2.00 bits per heavy atom. The van der Waals surface area contributed by atoms with Gasteiger partial charge in [-0.3, -0.25) is 19.1 Å². The van der Waals surface area contributed by atoms with Gasteiger partial charge in [-0.05, 0) is 34.6 Å². The van der Waals surface area contributed by atoms with Crippen molar-refractivity contribution < 1.29 is 28.8 Å². The second-order valence-electron chi connectivity index (χ2n) is 8.19. The first-order chi connectivity index (χ1) is 13.5. The van der Waals surface area contributed by atoms with Crippen LogP contribution in [0.15, 0.2) is 15.8 Å². The molecule has 10 nitrogen and oxygen atoms in total. The van der Waals surface area contributed by atoms with E-state index in [1.807, 2.05) is 0 Å². The van der Waals surface area contributed by atoms with Crippen molar-refractivity contribution in [1.82, 2.24) is 9.55 Å². The molecule has 0 spiro atoms. The van der Waals surface area contributed by atoms with E-state index in [-0.39, 0.29) is 12.7 Å². The number of aromatic amines is 1. The fraction of sp³-hybridized carbons (Fsp3) is 0.737. The molecular formula is C19H30N2O8. The van der Waals surface area contributed by atoms with Crippen LogP contribution < -0.4 is 11.2 Å². The summed E-state index contributed by atoms with van der Waals surface area (Å²) in [6.45, 7) is 8.14. The van der Waals surface area contributed by atoms with Crippen molar-refractivity contribution in [1.29, 1.82) is 0 Å². The minimum Gasteiger partial charge on any atom is -0.456 e. The van der Waals surface area contributed by atoms with Crippen molar-refractivity contribution in [2.24, 2.45) is 5.41 Å². The zero-order chi connectivity index (χ0) is 21.9. The van der Waals surface area contributed by atoms with Crippen LogP contribution in [0.4, 0.5) is 0 Å². The standard InChI is InChI=1S/C19H30N2O8/c1-10-7-21(18(25)20-15(10)23)16-14(27-9-11(2)26-6)13(12(8-22)28-16)29-17(24)19(3,4)5/h7,11-14,16,22H,8-9H2,1-6H3,(H,20,23,25)/t11-,12+,13?,14-,16+/m0/s1. The Bertz CT molecular complexity index is 825. The lowest BCUT2D eigenvalue weighted by atomic mass is 9.97. The molecular weight excluding hydrogens is 384 g/mol. The molecule has 0 saturated carbocycles. The lowest BCUT2D eigenvalue weighted by Gasteiger charge is -2.28. The molecule has 0 bridgehead atoms. The summed E-state index contributed by atoms with van der Waals surface area (Å²) in [5.74, 6) is -0.497. The number of aromatic nitrogens is 2. The van der Waals surface area contributed by atoms with Gasteiger partial charge >= 0.3 is 11.7 Å². The van der Waals surface area contributed by atoms with Gasteiger partial charge in [0, 0.05) is 18.9 Å². The van der Waals surface area contributed by atoms with Gasteiger partial charge in [0.25, 0.3) is 5.56 Å². The van der Waals surface area contributed by atoms with Gasteiger partial charge in [-0.25, -0.2) is 4.79 Å². The number of carbonyl (C=O) groups is 1. The van der Waals surface area contributed by atoms with Crippen molar-refractivity contribution in [3.05, 3.63) is 32.6 Å². The number of H-pyrrole nitrogens is 1. The van der Waals surface area contributed by atoms with Crippen LogP contribution in [0, 0.1) is 12.3 Å². The average molecular weight is 414 g/mol. The number of aryl methyl sites for hydroxylation is 1. The lowest BCUT2D eigenvalue weighted by molar-refractivity contribution is -0.169. The van der Waals surface area contributed by atoms with E-state index in [9.17, 15) is 19.5 Å². The zero-order valence-electron chi connectivity index (χ0n) is 17.6. The van der Waals surface area contributed by atoms with E-state index < -0.39 is 53.8 Å². The molecule has 1 aromatic heterocycles. The molecule has 0 amide bonds. The van der Waals surface area contributed by atoms with Crippen LogP contribution in [-0.4, -0.2) is 65.4 Å². The molecule has 29 heavy (non-hydrogen) atoms. The molecule has 10 heteroatoms. The Kier molecular flexibility index (Phi) is 7.39. The van der Waals surface area contributed by atoms with Gasteiger partial charge in [-0.15, -0.1) is 0 Å².